The number of nitrogens with zero attached hydrogens (tertiary/aromatic N) is 1. The van der Waals surface area contributed by atoms with Gasteiger partial charge in [0.25, 0.3) is 0 Å². The first-order valence-electron chi connectivity index (χ1n) is 5.37. The van der Waals surface area contributed by atoms with Gasteiger partial charge in [0, 0.05) is 24.7 Å². The number of aliphatic hydroxyl groups is 1. The summed E-state index contributed by atoms with van der Waals surface area (Å²) in [5.41, 5.74) is 6.95. The average Bonchev–Trinajstić information content (AvgIpc) is 2.35. The zero-order chi connectivity index (χ0) is 13.0. The van der Waals surface area contributed by atoms with Crippen LogP contribution in [0.25, 0.3) is 0 Å². The van der Waals surface area contributed by atoms with E-state index in [0.29, 0.717) is 11.3 Å². The molecule has 0 saturated heterocycles. The van der Waals surface area contributed by atoms with Gasteiger partial charge in [-0.3, -0.25) is 5.41 Å². The monoisotopic (exact) mass is 237 g/mol. The number of nitrogens with one attached hydrogen (secondary N) is 1. The van der Waals surface area contributed by atoms with Gasteiger partial charge in [0.1, 0.15) is 11.6 Å². The summed E-state index contributed by atoms with van der Waals surface area (Å²) in [6.07, 6.45) is 0. The minimum atomic E-state index is -0.0554. The van der Waals surface area contributed by atoms with Crippen LogP contribution >= 0.6 is 0 Å². The van der Waals surface area contributed by atoms with E-state index in [-0.39, 0.29) is 18.5 Å². The lowest BCUT2D eigenvalue weighted by Gasteiger charge is -2.27. The number of methoxy groups -OCH3 is 1. The molecule has 0 amide bonds. The Balaban J connectivity index is 3.21. The van der Waals surface area contributed by atoms with Gasteiger partial charge in [-0.1, -0.05) is 0 Å². The van der Waals surface area contributed by atoms with Gasteiger partial charge in [0.15, 0.2) is 0 Å². The van der Waals surface area contributed by atoms with Gasteiger partial charge in [0.05, 0.1) is 19.4 Å². The Morgan fingerprint density at radius 1 is 1.59 bits per heavy atom. The molecule has 0 aromatic heterocycles. The smallest absolute Gasteiger partial charge is 0.124 e. The first kappa shape index (κ1) is 13.3. The third-order valence-electron chi connectivity index (χ3n) is 2.80. The van der Waals surface area contributed by atoms with Crippen molar-refractivity contribution in [2.75, 3.05) is 25.7 Å². The highest BCUT2D eigenvalue weighted by atomic mass is 16.5. The Labute approximate surface area is 101 Å². The molecule has 1 unspecified atom stereocenters. The molecule has 0 aliphatic carbocycles. The molecule has 0 aliphatic rings. The van der Waals surface area contributed by atoms with Crippen LogP contribution in [-0.2, 0) is 0 Å². The number of amidine groups is 1. The molecule has 1 aromatic carbocycles. The maximum atomic E-state index is 9.16. The largest absolute Gasteiger partial charge is 0.497 e. The predicted molar refractivity (Wildman–Crippen MR) is 69.0 cm³/mol. The zero-order valence-corrected chi connectivity index (χ0v) is 10.4. The summed E-state index contributed by atoms with van der Waals surface area (Å²) in [7, 11) is 3.43. The standard InChI is InChI=1S/C12H19N3O2/c1-8(7-16)15(2)11-6-9(17-3)4-5-10(11)12(13)14/h4-6,8,16H,7H2,1-3H3,(H3,13,14). The van der Waals surface area contributed by atoms with Crippen LogP contribution in [0.5, 0.6) is 5.75 Å². The van der Waals surface area contributed by atoms with Gasteiger partial charge >= 0.3 is 0 Å². The van der Waals surface area contributed by atoms with Crippen LogP contribution in [0.1, 0.15) is 12.5 Å². The van der Waals surface area contributed by atoms with Crippen LogP contribution in [0.2, 0.25) is 0 Å². The van der Waals surface area contributed by atoms with Gasteiger partial charge in [-0.05, 0) is 19.1 Å². The van der Waals surface area contributed by atoms with Crippen molar-refractivity contribution in [2.45, 2.75) is 13.0 Å². The molecule has 5 nitrogen and oxygen atoms in total. The van der Waals surface area contributed by atoms with Crippen LogP contribution in [0, 0.1) is 5.41 Å². The SMILES string of the molecule is COc1ccc(C(=N)N)c(N(C)C(C)CO)c1. The zero-order valence-electron chi connectivity index (χ0n) is 10.4. The molecule has 4 N–H and O–H groups in total. The molecular formula is C12H19N3O2. The van der Waals surface area contributed by atoms with Crippen LogP contribution in [0.3, 0.4) is 0 Å². The molecule has 1 aromatic rings. The van der Waals surface area contributed by atoms with Crippen LogP contribution in [-0.4, -0.2) is 37.7 Å². The second-order valence-corrected chi connectivity index (χ2v) is 3.94. The number of nitrogen functional groups attached to an aromatic ring is 1. The van der Waals surface area contributed by atoms with E-state index in [2.05, 4.69) is 0 Å². The van der Waals surface area contributed by atoms with E-state index in [4.69, 9.17) is 21.0 Å². The van der Waals surface area contributed by atoms with E-state index in [1.165, 1.54) is 0 Å². The second kappa shape index (κ2) is 5.54. The summed E-state index contributed by atoms with van der Waals surface area (Å²) >= 11 is 0. The third-order valence-corrected chi connectivity index (χ3v) is 2.80. The molecule has 0 aliphatic heterocycles. The molecule has 0 heterocycles. The van der Waals surface area contributed by atoms with Gasteiger partial charge < -0.3 is 20.5 Å². The van der Waals surface area contributed by atoms with E-state index < -0.39 is 0 Å². The highest BCUT2D eigenvalue weighted by Crippen LogP contribution is 2.26. The highest BCUT2D eigenvalue weighted by molar-refractivity contribution is 6.00. The van der Waals surface area contributed by atoms with Gasteiger partial charge in [0.2, 0.25) is 0 Å². The lowest BCUT2D eigenvalue weighted by molar-refractivity contribution is 0.270. The molecular weight excluding hydrogens is 218 g/mol. The van der Waals surface area contributed by atoms with E-state index >= 15 is 0 Å². The number of rotatable bonds is 5. The number of benzene rings is 1. The molecule has 0 saturated carbocycles. The molecule has 1 rings (SSSR count). The van der Waals surface area contributed by atoms with Crippen LogP contribution in [0.4, 0.5) is 5.69 Å². The summed E-state index contributed by atoms with van der Waals surface area (Å²) < 4.78 is 5.15. The molecule has 94 valence electrons. The quantitative estimate of drug-likeness (QED) is 0.522. The predicted octanol–water partition coefficient (Wildman–Crippen LogP) is 0.796. The van der Waals surface area contributed by atoms with E-state index in [1.54, 1.807) is 19.2 Å². The minimum absolute atomic E-state index is 0.000331. The minimum Gasteiger partial charge on any atom is -0.497 e. The van der Waals surface area contributed by atoms with Crippen molar-refractivity contribution in [1.29, 1.82) is 5.41 Å². The fourth-order valence-electron chi connectivity index (χ4n) is 1.52. The van der Waals surface area contributed by atoms with E-state index in [0.717, 1.165) is 5.69 Å². The topological polar surface area (TPSA) is 82.6 Å². The number of hydrogen-bond donors (Lipinski definition) is 3. The summed E-state index contributed by atoms with van der Waals surface area (Å²) in [6, 6.07) is 5.26. The fourth-order valence-corrected chi connectivity index (χ4v) is 1.52. The average molecular weight is 237 g/mol. The molecule has 1 atom stereocenters. The molecule has 0 radical (unpaired) electrons. The van der Waals surface area contributed by atoms with Gasteiger partial charge in [-0.15, -0.1) is 0 Å². The van der Waals surface area contributed by atoms with Crippen molar-refractivity contribution in [3.8, 4) is 5.75 Å². The Hall–Kier alpha value is -1.75. The molecule has 5 heteroatoms. The Morgan fingerprint density at radius 3 is 2.71 bits per heavy atom. The van der Waals surface area contributed by atoms with Gasteiger partial charge in [-0.2, -0.15) is 0 Å². The lowest BCUT2D eigenvalue weighted by Crippen LogP contribution is -2.33. The summed E-state index contributed by atoms with van der Waals surface area (Å²) in [6.45, 7) is 1.93. The lowest BCUT2D eigenvalue weighted by atomic mass is 10.1. The van der Waals surface area contributed by atoms with Crippen LogP contribution in [0.15, 0.2) is 18.2 Å². The number of aliphatic hydroxyl groups excluding tert-OH is 1. The second-order valence-electron chi connectivity index (χ2n) is 3.94. The normalized spacial score (nSPS) is 12.0. The van der Waals surface area contributed by atoms with Crippen molar-refractivity contribution in [2.24, 2.45) is 5.73 Å². The Kier molecular flexibility index (Phi) is 4.34. The van der Waals surface area contributed by atoms with Crippen molar-refractivity contribution in [3.63, 3.8) is 0 Å². The highest BCUT2D eigenvalue weighted by Gasteiger charge is 2.15. The molecule has 17 heavy (non-hydrogen) atoms. The number of hydrogen-bond acceptors (Lipinski definition) is 4. The fraction of sp³-hybridized carbons (Fsp3) is 0.417. The summed E-state index contributed by atoms with van der Waals surface area (Å²) in [4.78, 5) is 1.87. The maximum Gasteiger partial charge on any atom is 0.124 e. The Morgan fingerprint density at radius 2 is 2.24 bits per heavy atom. The Bertz CT molecular complexity index is 407. The van der Waals surface area contributed by atoms with Gasteiger partial charge in [-0.25, -0.2) is 0 Å². The molecule has 0 spiro atoms. The van der Waals surface area contributed by atoms with Crippen molar-refractivity contribution < 1.29 is 9.84 Å². The number of nitrogens with two attached hydrogens (primary N) is 1. The maximum absolute atomic E-state index is 9.16. The summed E-state index contributed by atoms with van der Waals surface area (Å²) in [5.74, 6) is 0.696. The van der Waals surface area contributed by atoms with E-state index in [1.807, 2.05) is 24.9 Å². The summed E-state index contributed by atoms with van der Waals surface area (Å²) in [5, 5.41) is 16.7. The van der Waals surface area contributed by atoms with Crippen LogP contribution < -0.4 is 15.4 Å². The van der Waals surface area contributed by atoms with Crippen molar-refractivity contribution in [1.82, 2.24) is 0 Å². The third kappa shape index (κ3) is 2.88. The number of likely N-dealkylation sites (N-methyl/N-ethyl adjacent to an activating group) is 1. The molecule has 0 fully saturated rings. The number of ether oxygens (including phenoxy) is 1. The molecule has 0 bridgehead atoms. The first-order chi connectivity index (χ1) is 8.01. The number of anilines is 1. The van der Waals surface area contributed by atoms with Crippen molar-refractivity contribution >= 4 is 11.5 Å². The van der Waals surface area contributed by atoms with Crippen molar-refractivity contribution in [3.05, 3.63) is 23.8 Å². The van der Waals surface area contributed by atoms with E-state index in [9.17, 15) is 0 Å². The first-order valence-corrected chi connectivity index (χ1v) is 5.37.